The van der Waals surface area contributed by atoms with Crippen molar-refractivity contribution in [1.82, 2.24) is 25.1 Å². The van der Waals surface area contributed by atoms with Gasteiger partial charge in [-0.2, -0.15) is 4.68 Å². The van der Waals surface area contributed by atoms with Crippen molar-refractivity contribution >= 4 is 5.78 Å². The van der Waals surface area contributed by atoms with Crippen molar-refractivity contribution in [2.45, 2.75) is 25.8 Å². The number of rotatable bonds is 5. The number of benzene rings is 2. The summed E-state index contributed by atoms with van der Waals surface area (Å²) in [5.41, 5.74) is 1.77. The van der Waals surface area contributed by atoms with Gasteiger partial charge in [0, 0.05) is 11.5 Å². The molecule has 1 saturated heterocycles. The van der Waals surface area contributed by atoms with E-state index in [0.29, 0.717) is 0 Å². The number of piperidine rings is 1. The molecule has 6 heteroatoms. The van der Waals surface area contributed by atoms with Gasteiger partial charge in [-0.1, -0.05) is 48.5 Å². The number of hydrogen-bond acceptors (Lipinski definition) is 5. The maximum absolute atomic E-state index is 12.7. The third kappa shape index (κ3) is 3.66. The van der Waals surface area contributed by atoms with Crippen LogP contribution in [-0.2, 0) is 0 Å². The number of Topliss-reactive ketones (excluding diaryl/α,β-unsaturated/α-hetero) is 1. The van der Waals surface area contributed by atoms with Crippen LogP contribution in [-0.4, -0.2) is 44.0 Å². The highest BCUT2D eigenvalue weighted by atomic mass is 16.1. The van der Waals surface area contributed by atoms with Gasteiger partial charge >= 0.3 is 0 Å². The molecule has 0 aliphatic carbocycles. The first-order chi connectivity index (χ1) is 13.2. The summed E-state index contributed by atoms with van der Waals surface area (Å²) < 4.78 is 1.80. The van der Waals surface area contributed by atoms with Gasteiger partial charge in [-0.25, -0.2) is 0 Å². The quantitative estimate of drug-likeness (QED) is 0.652. The average Bonchev–Trinajstić information content (AvgIpc) is 3.24. The number of tetrazole rings is 1. The molecule has 138 valence electrons. The number of hydrogen-bond donors (Lipinski definition) is 0. The summed E-state index contributed by atoms with van der Waals surface area (Å²) in [5, 5.41) is 12.3. The minimum atomic E-state index is 0.0907. The van der Waals surface area contributed by atoms with E-state index in [1.165, 1.54) is 0 Å². The third-order valence-corrected chi connectivity index (χ3v) is 5.37. The van der Waals surface area contributed by atoms with Crippen LogP contribution >= 0.6 is 0 Å². The minimum absolute atomic E-state index is 0.0907. The van der Waals surface area contributed by atoms with E-state index in [0.717, 1.165) is 43.0 Å². The van der Waals surface area contributed by atoms with E-state index in [4.69, 9.17) is 0 Å². The first-order valence-electron chi connectivity index (χ1n) is 9.41. The molecule has 0 saturated carbocycles. The predicted octanol–water partition coefficient (Wildman–Crippen LogP) is 3.32. The Bertz CT molecular complexity index is 885. The average molecular weight is 361 g/mol. The fourth-order valence-electron chi connectivity index (χ4n) is 3.76. The highest BCUT2D eigenvalue weighted by Gasteiger charge is 2.30. The van der Waals surface area contributed by atoms with Crippen molar-refractivity contribution in [2.75, 3.05) is 13.1 Å². The summed E-state index contributed by atoms with van der Waals surface area (Å²) in [4.78, 5) is 15.1. The highest BCUT2D eigenvalue weighted by molar-refractivity contribution is 5.97. The molecule has 1 atom stereocenters. The van der Waals surface area contributed by atoms with Crippen LogP contribution < -0.4 is 0 Å². The first-order valence-corrected chi connectivity index (χ1v) is 9.41. The highest BCUT2D eigenvalue weighted by Crippen LogP contribution is 2.28. The second kappa shape index (κ2) is 7.80. The summed E-state index contributed by atoms with van der Waals surface area (Å²) >= 11 is 0. The summed E-state index contributed by atoms with van der Waals surface area (Å²) in [7, 11) is 0. The smallest absolute Gasteiger partial charge is 0.173 e. The monoisotopic (exact) mass is 361 g/mol. The van der Waals surface area contributed by atoms with Gasteiger partial charge in [0.2, 0.25) is 0 Å². The fraction of sp³-hybridized carbons (Fsp3) is 0.333. The van der Waals surface area contributed by atoms with E-state index in [-0.39, 0.29) is 17.7 Å². The lowest BCUT2D eigenvalue weighted by Gasteiger charge is -2.34. The zero-order valence-corrected chi connectivity index (χ0v) is 15.4. The lowest BCUT2D eigenvalue weighted by Crippen LogP contribution is -2.38. The first kappa shape index (κ1) is 17.5. The van der Waals surface area contributed by atoms with Crippen LogP contribution in [0.5, 0.6) is 0 Å². The van der Waals surface area contributed by atoms with E-state index in [2.05, 4.69) is 27.3 Å². The Balaban J connectivity index is 1.43. The normalized spacial score (nSPS) is 16.9. The summed E-state index contributed by atoms with van der Waals surface area (Å²) in [5.74, 6) is 1.19. The Morgan fingerprint density at radius 3 is 2.30 bits per heavy atom. The zero-order chi connectivity index (χ0) is 18.6. The van der Waals surface area contributed by atoms with Crippen molar-refractivity contribution in [3.8, 4) is 5.69 Å². The van der Waals surface area contributed by atoms with Crippen LogP contribution in [0, 0.1) is 5.92 Å². The standard InChI is InChI=1S/C21H23N5O/c1-16(21-22-23-24-26(21)19-10-6-3-7-11-19)25-14-12-18(13-15-25)20(27)17-8-4-2-5-9-17/h2-11,16,18H,12-15H2,1H3. The van der Waals surface area contributed by atoms with Crippen LogP contribution in [0.1, 0.15) is 42.0 Å². The molecule has 4 rings (SSSR count). The van der Waals surface area contributed by atoms with E-state index in [1.54, 1.807) is 4.68 Å². The molecule has 0 bridgehead atoms. The van der Waals surface area contributed by atoms with Crippen LogP contribution in [0.3, 0.4) is 0 Å². The molecule has 0 radical (unpaired) electrons. The fourth-order valence-corrected chi connectivity index (χ4v) is 3.76. The summed E-state index contributed by atoms with van der Waals surface area (Å²) in [6.45, 7) is 3.86. The van der Waals surface area contributed by atoms with Gasteiger partial charge in [-0.15, -0.1) is 5.10 Å². The minimum Gasteiger partial charge on any atom is -0.294 e. The summed E-state index contributed by atoms with van der Waals surface area (Å²) in [6, 6.07) is 19.6. The number of aromatic nitrogens is 4. The molecule has 3 aromatic rings. The number of ketones is 1. The molecular formula is C21H23N5O. The van der Waals surface area contributed by atoms with Gasteiger partial charge < -0.3 is 0 Å². The Hall–Kier alpha value is -2.86. The molecule has 0 amide bonds. The SMILES string of the molecule is CC(c1nnnn1-c1ccccc1)N1CCC(C(=O)c2ccccc2)CC1. The molecule has 6 nitrogen and oxygen atoms in total. The van der Waals surface area contributed by atoms with Crippen molar-refractivity contribution in [3.63, 3.8) is 0 Å². The van der Waals surface area contributed by atoms with Gasteiger partial charge in [-0.3, -0.25) is 9.69 Å². The third-order valence-electron chi connectivity index (χ3n) is 5.37. The molecular weight excluding hydrogens is 338 g/mol. The second-order valence-corrected chi connectivity index (χ2v) is 7.00. The van der Waals surface area contributed by atoms with Gasteiger partial charge in [0.1, 0.15) is 0 Å². The Morgan fingerprint density at radius 1 is 1.00 bits per heavy atom. The largest absolute Gasteiger partial charge is 0.294 e. The Kier molecular flexibility index (Phi) is 5.07. The molecule has 27 heavy (non-hydrogen) atoms. The molecule has 0 N–H and O–H groups in total. The number of likely N-dealkylation sites (tertiary alicyclic amines) is 1. The predicted molar refractivity (Wildman–Crippen MR) is 103 cm³/mol. The van der Waals surface area contributed by atoms with E-state index in [9.17, 15) is 4.79 Å². The molecule has 1 fully saturated rings. The maximum atomic E-state index is 12.7. The van der Waals surface area contributed by atoms with Gasteiger partial charge in [0.05, 0.1) is 11.7 Å². The van der Waals surface area contributed by atoms with Crippen molar-refractivity contribution in [3.05, 3.63) is 72.1 Å². The topological polar surface area (TPSA) is 63.9 Å². The second-order valence-electron chi connectivity index (χ2n) is 7.00. The molecule has 1 aliphatic heterocycles. The Labute approximate surface area is 158 Å². The van der Waals surface area contributed by atoms with Crippen LogP contribution in [0.25, 0.3) is 5.69 Å². The van der Waals surface area contributed by atoms with Crippen molar-refractivity contribution in [2.24, 2.45) is 5.92 Å². The zero-order valence-electron chi connectivity index (χ0n) is 15.4. The number of nitrogens with zero attached hydrogens (tertiary/aromatic N) is 5. The van der Waals surface area contributed by atoms with E-state index < -0.39 is 0 Å². The lowest BCUT2D eigenvalue weighted by molar-refractivity contribution is 0.0794. The summed E-state index contributed by atoms with van der Waals surface area (Å²) in [6.07, 6.45) is 1.73. The van der Waals surface area contributed by atoms with E-state index in [1.807, 2.05) is 60.7 Å². The van der Waals surface area contributed by atoms with Crippen LogP contribution in [0.15, 0.2) is 60.7 Å². The van der Waals surface area contributed by atoms with Crippen LogP contribution in [0.4, 0.5) is 0 Å². The van der Waals surface area contributed by atoms with E-state index >= 15 is 0 Å². The van der Waals surface area contributed by atoms with Crippen LogP contribution in [0.2, 0.25) is 0 Å². The van der Waals surface area contributed by atoms with Crippen molar-refractivity contribution in [1.29, 1.82) is 0 Å². The molecule has 1 aromatic heterocycles. The van der Waals surface area contributed by atoms with Gasteiger partial charge in [0.15, 0.2) is 11.6 Å². The van der Waals surface area contributed by atoms with Crippen molar-refractivity contribution < 1.29 is 4.79 Å². The van der Waals surface area contributed by atoms with Gasteiger partial charge in [-0.05, 0) is 55.4 Å². The number of carbonyl (C=O) groups excluding carboxylic acids is 1. The molecule has 1 aliphatic rings. The number of carbonyl (C=O) groups is 1. The lowest BCUT2D eigenvalue weighted by atomic mass is 9.88. The maximum Gasteiger partial charge on any atom is 0.173 e. The molecule has 0 spiro atoms. The molecule has 1 unspecified atom stereocenters. The Morgan fingerprint density at radius 2 is 1.63 bits per heavy atom. The van der Waals surface area contributed by atoms with Gasteiger partial charge in [0.25, 0.3) is 0 Å². The molecule has 2 aromatic carbocycles. The molecule has 2 heterocycles. The number of para-hydroxylation sites is 1.